The third kappa shape index (κ3) is 3.85. The number of hydrogen-bond donors (Lipinski definition) is 1. The van der Waals surface area contributed by atoms with Crippen LogP contribution in [0.3, 0.4) is 0 Å². The SMILES string of the molecule is CN(C)c1ccc(C(=O)N2CCN(C(=O)c3ccccc3S)CC2)cc1. The van der Waals surface area contributed by atoms with Gasteiger partial charge in [-0.15, -0.1) is 12.6 Å². The lowest BCUT2D eigenvalue weighted by atomic mass is 10.1. The van der Waals surface area contributed by atoms with Gasteiger partial charge in [-0.05, 0) is 36.4 Å². The van der Waals surface area contributed by atoms with Crippen LogP contribution < -0.4 is 4.90 Å². The summed E-state index contributed by atoms with van der Waals surface area (Å²) in [6.45, 7) is 2.13. The van der Waals surface area contributed by atoms with E-state index in [1.807, 2.05) is 61.5 Å². The van der Waals surface area contributed by atoms with Gasteiger partial charge in [-0.3, -0.25) is 9.59 Å². The van der Waals surface area contributed by atoms with Gasteiger partial charge in [0.25, 0.3) is 11.8 Å². The number of piperazine rings is 1. The van der Waals surface area contributed by atoms with Crippen molar-refractivity contribution in [1.82, 2.24) is 9.80 Å². The van der Waals surface area contributed by atoms with Crippen LogP contribution in [0.4, 0.5) is 5.69 Å². The van der Waals surface area contributed by atoms with Crippen molar-refractivity contribution in [2.24, 2.45) is 0 Å². The van der Waals surface area contributed by atoms with Gasteiger partial charge in [0.1, 0.15) is 0 Å². The highest BCUT2D eigenvalue weighted by Crippen LogP contribution is 2.18. The van der Waals surface area contributed by atoms with E-state index in [9.17, 15) is 9.59 Å². The van der Waals surface area contributed by atoms with Gasteiger partial charge in [0.2, 0.25) is 0 Å². The van der Waals surface area contributed by atoms with Crippen molar-refractivity contribution in [3.05, 3.63) is 59.7 Å². The van der Waals surface area contributed by atoms with E-state index in [1.54, 1.807) is 15.9 Å². The number of hydrogen-bond acceptors (Lipinski definition) is 4. The molecule has 2 aromatic rings. The summed E-state index contributed by atoms with van der Waals surface area (Å²) in [4.78, 5) is 31.6. The molecule has 0 aromatic heterocycles. The first-order chi connectivity index (χ1) is 12.5. The summed E-state index contributed by atoms with van der Waals surface area (Å²) in [5.74, 6) is -0.0185. The number of nitrogens with zero attached hydrogens (tertiary/aromatic N) is 3. The topological polar surface area (TPSA) is 43.9 Å². The quantitative estimate of drug-likeness (QED) is 0.846. The molecule has 1 saturated heterocycles. The Kier molecular flexibility index (Phi) is 5.52. The van der Waals surface area contributed by atoms with Crippen LogP contribution in [0.1, 0.15) is 20.7 Å². The largest absolute Gasteiger partial charge is 0.378 e. The summed E-state index contributed by atoms with van der Waals surface area (Å²) in [6.07, 6.45) is 0. The Balaban J connectivity index is 1.62. The lowest BCUT2D eigenvalue weighted by Gasteiger charge is -2.35. The molecule has 6 heteroatoms. The van der Waals surface area contributed by atoms with Crippen molar-refractivity contribution >= 4 is 30.1 Å². The van der Waals surface area contributed by atoms with Crippen LogP contribution in [0.15, 0.2) is 53.4 Å². The molecule has 3 rings (SSSR count). The lowest BCUT2D eigenvalue weighted by molar-refractivity contribution is 0.0533. The standard InChI is InChI=1S/C20H23N3O2S/c1-21(2)16-9-7-15(8-10-16)19(24)22-11-13-23(14-12-22)20(25)17-5-3-4-6-18(17)26/h3-10,26H,11-14H2,1-2H3. The van der Waals surface area contributed by atoms with Crippen molar-refractivity contribution in [2.45, 2.75) is 4.90 Å². The van der Waals surface area contributed by atoms with Crippen molar-refractivity contribution in [3.63, 3.8) is 0 Å². The maximum absolute atomic E-state index is 12.7. The Bertz CT molecular complexity index is 797. The zero-order valence-corrected chi connectivity index (χ0v) is 15.9. The number of amides is 2. The van der Waals surface area contributed by atoms with E-state index in [4.69, 9.17) is 0 Å². The minimum atomic E-state index is -0.0296. The maximum Gasteiger partial charge on any atom is 0.255 e. The molecule has 0 aliphatic carbocycles. The summed E-state index contributed by atoms with van der Waals surface area (Å²) in [5, 5.41) is 0. The fourth-order valence-corrected chi connectivity index (χ4v) is 3.28. The number of carbonyl (C=O) groups is 2. The molecule has 2 amide bonds. The second-order valence-corrected chi connectivity index (χ2v) is 7.02. The molecule has 1 fully saturated rings. The summed E-state index contributed by atoms with van der Waals surface area (Å²) in [5.41, 5.74) is 2.34. The smallest absolute Gasteiger partial charge is 0.255 e. The van der Waals surface area contributed by atoms with E-state index in [-0.39, 0.29) is 11.8 Å². The molecule has 5 nitrogen and oxygen atoms in total. The molecule has 1 aliphatic rings. The molecule has 136 valence electrons. The van der Waals surface area contributed by atoms with Gasteiger partial charge in [0.05, 0.1) is 5.56 Å². The average Bonchev–Trinajstić information content (AvgIpc) is 2.67. The molecule has 0 saturated carbocycles. The predicted molar refractivity (Wildman–Crippen MR) is 106 cm³/mol. The number of rotatable bonds is 3. The highest BCUT2D eigenvalue weighted by atomic mass is 32.1. The Labute approximate surface area is 159 Å². The monoisotopic (exact) mass is 369 g/mol. The van der Waals surface area contributed by atoms with Gasteiger partial charge < -0.3 is 14.7 Å². The first-order valence-corrected chi connectivity index (χ1v) is 9.06. The Morgan fingerprint density at radius 1 is 0.846 bits per heavy atom. The number of anilines is 1. The molecule has 0 bridgehead atoms. The third-order valence-corrected chi connectivity index (χ3v) is 5.01. The first kappa shape index (κ1) is 18.3. The molecule has 1 heterocycles. The van der Waals surface area contributed by atoms with Gasteiger partial charge in [0, 0.05) is 56.4 Å². The van der Waals surface area contributed by atoms with Gasteiger partial charge >= 0.3 is 0 Å². The van der Waals surface area contributed by atoms with Crippen LogP contribution in [0.5, 0.6) is 0 Å². The normalized spacial score (nSPS) is 14.3. The van der Waals surface area contributed by atoms with Crippen LogP contribution in [0, 0.1) is 0 Å². The van der Waals surface area contributed by atoms with E-state index in [2.05, 4.69) is 12.6 Å². The average molecular weight is 369 g/mol. The van der Waals surface area contributed by atoms with Crippen molar-refractivity contribution < 1.29 is 9.59 Å². The van der Waals surface area contributed by atoms with Crippen molar-refractivity contribution in [2.75, 3.05) is 45.2 Å². The van der Waals surface area contributed by atoms with Gasteiger partial charge in [-0.2, -0.15) is 0 Å². The number of thiol groups is 1. The van der Waals surface area contributed by atoms with Gasteiger partial charge in [-0.25, -0.2) is 0 Å². The molecule has 26 heavy (non-hydrogen) atoms. The minimum absolute atomic E-state index is 0.0111. The summed E-state index contributed by atoms with van der Waals surface area (Å²) in [6, 6.07) is 14.9. The van der Waals surface area contributed by atoms with Crippen molar-refractivity contribution in [1.29, 1.82) is 0 Å². The van der Waals surface area contributed by atoms with Crippen LogP contribution in [-0.2, 0) is 0 Å². The van der Waals surface area contributed by atoms with Crippen LogP contribution in [0.25, 0.3) is 0 Å². The van der Waals surface area contributed by atoms with Crippen LogP contribution in [0.2, 0.25) is 0 Å². The molecule has 1 aliphatic heterocycles. The molecular weight excluding hydrogens is 346 g/mol. The highest BCUT2D eigenvalue weighted by Gasteiger charge is 2.26. The lowest BCUT2D eigenvalue weighted by Crippen LogP contribution is -2.50. The summed E-state index contributed by atoms with van der Waals surface area (Å²) < 4.78 is 0. The van der Waals surface area contributed by atoms with E-state index in [0.29, 0.717) is 42.2 Å². The van der Waals surface area contributed by atoms with Crippen LogP contribution >= 0.6 is 12.6 Å². The van der Waals surface area contributed by atoms with E-state index >= 15 is 0 Å². The first-order valence-electron chi connectivity index (χ1n) is 8.61. The van der Waals surface area contributed by atoms with Gasteiger partial charge in [0.15, 0.2) is 0 Å². The fraction of sp³-hybridized carbons (Fsp3) is 0.300. The fourth-order valence-electron chi connectivity index (χ4n) is 3.02. The van der Waals surface area contributed by atoms with E-state index < -0.39 is 0 Å². The summed E-state index contributed by atoms with van der Waals surface area (Å²) in [7, 11) is 3.94. The molecular formula is C20H23N3O2S. The van der Waals surface area contributed by atoms with E-state index in [0.717, 1.165) is 5.69 Å². The van der Waals surface area contributed by atoms with Crippen molar-refractivity contribution in [3.8, 4) is 0 Å². The number of benzene rings is 2. The molecule has 0 unspecified atom stereocenters. The highest BCUT2D eigenvalue weighted by molar-refractivity contribution is 7.80. The van der Waals surface area contributed by atoms with Crippen LogP contribution in [-0.4, -0.2) is 61.9 Å². The van der Waals surface area contributed by atoms with Gasteiger partial charge in [-0.1, -0.05) is 12.1 Å². The third-order valence-electron chi connectivity index (χ3n) is 4.62. The Morgan fingerprint density at radius 2 is 1.38 bits per heavy atom. The molecule has 0 spiro atoms. The molecule has 0 atom stereocenters. The molecule has 2 aromatic carbocycles. The zero-order chi connectivity index (χ0) is 18.7. The zero-order valence-electron chi connectivity index (χ0n) is 15.1. The number of carbonyl (C=O) groups excluding carboxylic acids is 2. The predicted octanol–water partition coefficient (Wildman–Crippen LogP) is 2.64. The molecule has 0 radical (unpaired) electrons. The molecule has 0 N–H and O–H groups in total. The Hall–Kier alpha value is -2.47. The second kappa shape index (κ2) is 7.83. The Morgan fingerprint density at radius 3 is 1.92 bits per heavy atom. The second-order valence-electron chi connectivity index (χ2n) is 6.54. The van der Waals surface area contributed by atoms with E-state index in [1.165, 1.54) is 0 Å². The summed E-state index contributed by atoms with van der Waals surface area (Å²) >= 11 is 4.36. The minimum Gasteiger partial charge on any atom is -0.378 e. The maximum atomic E-state index is 12.7.